The maximum atomic E-state index is 12.3. The van der Waals surface area contributed by atoms with Crippen molar-refractivity contribution in [1.29, 1.82) is 0 Å². The maximum Gasteiger partial charge on any atom is 0.446 e. The van der Waals surface area contributed by atoms with Crippen LogP contribution in [0.25, 0.3) is 0 Å². The summed E-state index contributed by atoms with van der Waals surface area (Å²) in [4.78, 5) is 2.09. The fourth-order valence-electron chi connectivity index (χ4n) is 0.835. The van der Waals surface area contributed by atoms with Gasteiger partial charge in [0.25, 0.3) is 0 Å². The molecular weight excluding hydrogens is 280 g/mol. The first-order valence-corrected chi connectivity index (χ1v) is 4.77. The predicted octanol–water partition coefficient (Wildman–Crippen LogP) is 4.37. The van der Waals surface area contributed by atoms with Gasteiger partial charge in [0.05, 0.1) is 5.56 Å². The summed E-state index contributed by atoms with van der Waals surface area (Å²) in [6.45, 7) is 0. The summed E-state index contributed by atoms with van der Waals surface area (Å²) in [5.41, 5.74) is -6.27. The molecule has 0 N–H and O–H groups in total. The van der Waals surface area contributed by atoms with E-state index in [-0.39, 0.29) is 6.20 Å². The largest absolute Gasteiger partial charge is 0.446 e. The van der Waals surface area contributed by atoms with Gasteiger partial charge >= 0.3 is 11.7 Å². The van der Waals surface area contributed by atoms with Crippen LogP contribution < -0.4 is 0 Å². The molecule has 0 atom stereocenters. The smallest absolute Gasteiger partial charge is 0.244 e. The second-order valence-electron chi connectivity index (χ2n) is 2.55. The Morgan fingerprint density at radius 1 is 1.12 bits per heavy atom. The van der Waals surface area contributed by atoms with Crippen LogP contribution in [0.15, 0.2) is 17.2 Å². The monoisotopic (exact) mass is 281 g/mol. The molecule has 0 aliphatic carbocycles. The summed E-state index contributed by atoms with van der Waals surface area (Å²) >= 11 is 4.36. The van der Waals surface area contributed by atoms with Crippen molar-refractivity contribution in [2.45, 2.75) is 16.6 Å². The highest BCUT2D eigenvalue weighted by atomic mass is 35.5. The van der Waals surface area contributed by atoms with Gasteiger partial charge in [-0.05, 0) is 17.8 Å². The van der Waals surface area contributed by atoms with E-state index in [0.717, 1.165) is 0 Å². The van der Waals surface area contributed by atoms with E-state index in [2.05, 4.69) is 4.98 Å². The van der Waals surface area contributed by atoms with Crippen molar-refractivity contribution in [1.82, 2.24) is 4.98 Å². The number of alkyl halides is 6. The van der Waals surface area contributed by atoms with Crippen molar-refractivity contribution in [2.24, 2.45) is 0 Å². The van der Waals surface area contributed by atoms with Crippen LogP contribution in [0.4, 0.5) is 26.3 Å². The fraction of sp³-hybridized carbons (Fsp3) is 0.286. The predicted molar refractivity (Wildman–Crippen MR) is 46.2 cm³/mol. The van der Waals surface area contributed by atoms with Crippen LogP contribution in [0.5, 0.6) is 0 Å². The highest BCUT2D eigenvalue weighted by Crippen LogP contribution is 2.43. The van der Waals surface area contributed by atoms with Gasteiger partial charge in [0.2, 0.25) is 0 Å². The number of rotatable bonds is 1. The van der Waals surface area contributed by atoms with Gasteiger partial charge in [-0.25, -0.2) is 4.98 Å². The van der Waals surface area contributed by atoms with Crippen molar-refractivity contribution in [2.75, 3.05) is 0 Å². The fourth-order valence-corrected chi connectivity index (χ4v) is 1.76. The molecule has 1 aromatic rings. The summed E-state index contributed by atoms with van der Waals surface area (Å²) in [6, 6.07) is 0.530. The Balaban J connectivity index is 3.19. The molecule has 0 radical (unpaired) electrons. The maximum absolute atomic E-state index is 12.3. The van der Waals surface area contributed by atoms with Gasteiger partial charge in [-0.15, -0.1) is 0 Å². The lowest BCUT2D eigenvalue weighted by Gasteiger charge is -2.13. The average molecular weight is 282 g/mol. The molecule has 0 unspecified atom stereocenters. The third kappa shape index (κ3) is 3.75. The third-order valence-corrected chi connectivity index (χ3v) is 2.36. The van der Waals surface area contributed by atoms with Crippen molar-refractivity contribution in [3.8, 4) is 0 Å². The Kier molecular flexibility index (Phi) is 3.63. The second kappa shape index (κ2) is 4.33. The Morgan fingerprint density at radius 3 is 2.12 bits per heavy atom. The second-order valence-corrected chi connectivity index (χ2v) is 4.04. The van der Waals surface area contributed by atoms with Crippen molar-refractivity contribution in [3.05, 3.63) is 23.0 Å². The number of thioether (sulfide) groups is 1. The first kappa shape index (κ1) is 13.4. The van der Waals surface area contributed by atoms with Crippen LogP contribution in [-0.4, -0.2) is 10.5 Å². The lowest BCUT2D eigenvalue weighted by molar-refractivity contribution is -0.140. The molecule has 0 aliphatic rings. The van der Waals surface area contributed by atoms with Crippen molar-refractivity contribution < 1.29 is 26.3 Å². The molecule has 0 amide bonds. The molecule has 0 saturated carbocycles. The van der Waals surface area contributed by atoms with Gasteiger partial charge in [0.1, 0.15) is 5.15 Å². The minimum absolute atomic E-state index is 0.274. The van der Waals surface area contributed by atoms with Gasteiger partial charge < -0.3 is 0 Å². The number of hydrogen-bond donors (Lipinski definition) is 0. The Hall–Kier alpha value is -0.630. The van der Waals surface area contributed by atoms with E-state index in [1.54, 1.807) is 0 Å². The molecule has 1 aromatic heterocycles. The van der Waals surface area contributed by atoms with E-state index in [0.29, 0.717) is 6.07 Å². The first-order chi connectivity index (χ1) is 7.09. The van der Waals surface area contributed by atoms with Gasteiger partial charge in [0.15, 0.2) is 0 Å². The highest BCUT2D eigenvalue weighted by Gasteiger charge is 2.38. The van der Waals surface area contributed by atoms with Gasteiger partial charge in [0, 0.05) is 11.1 Å². The normalized spacial score (nSPS) is 12.9. The summed E-state index contributed by atoms with van der Waals surface area (Å²) in [5, 5.41) is -0.431. The molecule has 90 valence electrons. The van der Waals surface area contributed by atoms with E-state index >= 15 is 0 Å². The Morgan fingerprint density at radius 2 is 1.69 bits per heavy atom. The SMILES string of the molecule is FC(F)(F)Sc1cc(Cl)ncc1C(F)(F)F. The van der Waals surface area contributed by atoms with E-state index in [1.165, 1.54) is 0 Å². The number of hydrogen-bond acceptors (Lipinski definition) is 2. The molecule has 1 heterocycles. The molecule has 16 heavy (non-hydrogen) atoms. The average Bonchev–Trinajstić information content (AvgIpc) is 1.97. The topological polar surface area (TPSA) is 12.9 Å². The van der Waals surface area contributed by atoms with Gasteiger partial charge in [-0.3, -0.25) is 0 Å². The molecule has 0 saturated heterocycles. The van der Waals surface area contributed by atoms with Crippen LogP contribution >= 0.6 is 23.4 Å². The van der Waals surface area contributed by atoms with E-state index in [9.17, 15) is 26.3 Å². The zero-order valence-electron chi connectivity index (χ0n) is 7.16. The first-order valence-electron chi connectivity index (χ1n) is 3.58. The minimum Gasteiger partial charge on any atom is -0.244 e. The van der Waals surface area contributed by atoms with Crippen LogP contribution in [-0.2, 0) is 6.18 Å². The zero-order valence-corrected chi connectivity index (χ0v) is 8.73. The summed E-state index contributed by atoms with van der Waals surface area (Å²) in [6.07, 6.45) is -4.62. The van der Waals surface area contributed by atoms with Crippen LogP contribution in [0.1, 0.15) is 5.56 Å². The lowest BCUT2D eigenvalue weighted by Crippen LogP contribution is -2.10. The molecule has 0 aromatic carbocycles. The Labute approximate surface area is 94.8 Å². The molecule has 1 nitrogen and oxygen atoms in total. The number of pyridine rings is 1. The van der Waals surface area contributed by atoms with Gasteiger partial charge in [-0.2, -0.15) is 26.3 Å². The summed E-state index contributed by atoms with van der Waals surface area (Å²) in [7, 11) is 0. The van der Waals surface area contributed by atoms with Crippen LogP contribution in [0.3, 0.4) is 0 Å². The summed E-state index contributed by atoms with van der Waals surface area (Å²) < 4.78 is 72.8. The van der Waals surface area contributed by atoms with Crippen molar-refractivity contribution in [3.63, 3.8) is 0 Å². The standard InChI is InChI=1S/C7H2ClF6NS/c8-5-1-4(16-7(12,13)14)3(2-15-5)6(9,10)11/h1-2H. The molecule has 9 heteroatoms. The summed E-state index contributed by atoms with van der Waals surface area (Å²) in [5.74, 6) is 0. The highest BCUT2D eigenvalue weighted by molar-refractivity contribution is 8.00. The van der Waals surface area contributed by atoms with E-state index < -0.39 is 39.1 Å². The lowest BCUT2D eigenvalue weighted by atomic mass is 10.3. The molecule has 1 rings (SSSR count). The zero-order chi connectivity index (χ0) is 12.6. The molecular formula is C7H2ClF6NS. The third-order valence-electron chi connectivity index (χ3n) is 1.36. The van der Waals surface area contributed by atoms with Crippen molar-refractivity contribution >= 4 is 23.4 Å². The molecule has 0 fully saturated rings. The minimum atomic E-state index is -4.90. The quantitative estimate of drug-likeness (QED) is 0.431. The van der Waals surface area contributed by atoms with E-state index in [4.69, 9.17) is 11.6 Å². The Bertz CT molecular complexity index is 387. The van der Waals surface area contributed by atoms with E-state index in [1.807, 2.05) is 0 Å². The van der Waals surface area contributed by atoms with Gasteiger partial charge in [-0.1, -0.05) is 11.6 Å². The molecule has 0 aliphatic heterocycles. The van der Waals surface area contributed by atoms with Crippen LogP contribution in [0.2, 0.25) is 5.15 Å². The van der Waals surface area contributed by atoms with Crippen LogP contribution in [0, 0.1) is 0 Å². The number of nitrogens with zero attached hydrogens (tertiary/aromatic N) is 1. The molecule has 0 bridgehead atoms. The number of aromatic nitrogens is 1. The number of halogens is 7. The molecule has 0 spiro atoms.